The molecule has 0 aromatic heterocycles. The van der Waals surface area contributed by atoms with Crippen molar-refractivity contribution in [3.05, 3.63) is 29.3 Å². The molecule has 0 spiro atoms. The fourth-order valence-electron chi connectivity index (χ4n) is 2.98. The summed E-state index contributed by atoms with van der Waals surface area (Å²) in [6.45, 7) is 5.09. The van der Waals surface area contributed by atoms with Crippen molar-refractivity contribution in [1.82, 2.24) is 4.31 Å². The minimum absolute atomic E-state index is 0.115. The first kappa shape index (κ1) is 15.5. The summed E-state index contributed by atoms with van der Waals surface area (Å²) >= 11 is 0. The lowest BCUT2D eigenvalue weighted by atomic mass is 10.1. The zero-order valence-corrected chi connectivity index (χ0v) is 13.1. The van der Waals surface area contributed by atoms with Crippen molar-refractivity contribution in [3.8, 4) is 0 Å². The average molecular weight is 296 g/mol. The molecule has 1 unspecified atom stereocenters. The van der Waals surface area contributed by atoms with E-state index in [-0.39, 0.29) is 6.04 Å². The van der Waals surface area contributed by atoms with Crippen molar-refractivity contribution in [2.24, 2.45) is 5.73 Å². The van der Waals surface area contributed by atoms with Crippen molar-refractivity contribution >= 4 is 10.0 Å². The second kappa shape index (κ2) is 6.24. The van der Waals surface area contributed by atoms with E-state index in [2.05, 4.69) is 0 Å². The Kier molecular flexibility index (Phi) is 4.83. The fraction of sp³-hybridized carbons (Fsp3) is 0.600. The molecule has 1 fully saturated rings. The van der Waals surface area contributed by atoms with Crippen LogP contribution < -0.4 is 5.73 Å². The third-order valence-electron chi connectivity index (χ3n) is 3.98. The molecule has 2 rings (SSSR count). The van der Waals surface area contributed by atoms with Gasteiger partial charge in [-0.25, -0.2) is 8.42 Å². The molecule has 1 heterocycles. The van der Waals surface area contributed by atoms with Crippen LogP contribution in [0.25, 0.3) is 0 Å². The predicted molar refractivity (Wildman–Crippen MR) is 81.1 cm³/mol. The highest BCUT2D eigenvalue weighted by molar-refractivity contribution is 7.89. The monoisotopic (exact) mass is 296 g/mol. The molecule has 1 aromatic carbocycles. The lowest BCUT2D eigenvalue weighted by Gasteiger charge is -2.25. The molecule has 0 bridgehead atoms. The summed E-state index contributed by atoms with van der Waals surface area (Å²) in [7, 11) is -3.37. The number of nitrogens with two attached hydrogens (primary N) is 1. The molecule has 1 aliphatic heterocycles. The number of hydrogen-bond donors (Lipinski definition) is 1. The summed E-state index contributed by atoms with van der Waals surface area (Å²) < 4.78 is 27.4. The minimum Gasteiger partial charge on any atom is -0.330 e. The van der Waals surface area contributed by atoms with Gasteiger partial charge in [-0.15, -0.1) is 0 Å². The Bertz CT molecular complexity index is 569. The van der Waals surface area contributed by atoms with E-state index in [4.69, 9.17) is 5.73 Å². The highest BCUT2D eigenvalue weighted by Gasteiger charge is 2.35. The van der Waals surface area contributed by atoms with Crippen molar-refractivity contribution < 1.29 is 8.42 Å². The SMILES string of the molecule is Cc1ccc(S(=O)(=O)N2CCCC2CCCN)c(C)c1. The zero-order chi connectivity index (χ0) is 14.8. The van der Waals surface area contributed by atoms with Crippen LogP contribution in [0.15, 0.2) is 23.1 Å². The molecule has 4 nitrogen and oxygen atoms in total. The Morgan fingerprint density at radius 3 is 2.75 bits per heavy atom. The summed E-state index contributed by atoms with van der Waals surface area (Å²) in [4.78, 5) is 0.447. The Balaban J connectivity index is 2.29. The maximum absolute atomic E-state index is 12.8. The van der Waals surface area contributed by atoms with E-state index >= 15 is 0 Å². The second-order valence-corrected chi connectivity index (χ2v) is 7.47. The number of sulfonamides is 1. The molecule has 1 saturated heterocycles. The Morgan fingerprint density at radius 1 is 1.35 bits per heavy atom. The van der Waals surface area contributed by atoms with E-state index < -0.39 is 10.0 Å². The highest BCUT2D eigenvalue weighted by atomic mass is 32.2. The first-order valence-corrected chi connectivity index (χ1v) is 8.70. The normalized spacial score (nSPS) is 20.4. The zero-order valence-electron chi connectivity index (χ0n) is 12.3. The van der Waals surface area contributed by atoms with Crippen LogP contribution in [0.4, 0.5) is 0 Å². The molecule has 1 aliphatic rings. The Labute approximate surface area is 122 Å². The van der Waals surface area contributed by atoms with Crippen LogP contribution in [0, 0.1) is 13.8 Å². The third kappa shape index (κ3) is 3.05. The van der Waals surface area contributed by atoms with Crippen LogP contribution in [-0.2, 0) is 10.0 Å². The first-order valence-electron chi connectivity index (χ1n) is 7.26. The summed E-state index contributed by atoms with van der Waals surface area (Å²) in [5.41, 5.74) is 7.46. The van der Waals surface area contributed by atoms with Crippen LogP contribution in [0.1, 0.15) is 36.8 Å². The van der Waals surface area contributed by atoms with Gasteiger partial charge in [0.15, 0.2) is 0 Å². The predicted octanol–water partition coefficient (Wildman–Crippen LogP) is 2.20. The maximum atomic E-state index is 12.8. The van der Waals surface area contributed by atoms with Crippen LogP contribution in [0.3, 0.4) is 0 Å². The molecule has 2 N–H and O–H groups in total. The van der Waals surface area contributed by atoms with Gasteiger partial charge in [0.05, 0.1) is 4.90 Å². The number of hydrogen-bond acceptors (Lipinski definition) is 3. The van der Waals surface area contributed by atoms with Gasteiger partial charge in [-0.05, 0) is 57.7 Å². The van der Waals surface area contributed by atoms with Crippen molar-refractivity contribution in [1.29, 1.82) is 0 Å². The Hall–Kier alpha value is -0.910. The van der Waals surface area contributed by atoms with Gasteiger partial charge in [0.1, 0.15) is 0 Å². The molecule has 1 atom stereocenters. The first-order chi connectivity index (χ1) is 9.46. The molecule has 112 valence electrons. The molecule has 20 heavy (non-hydrogen) atoms. The molecule has 0 radical (unpaired) electrons. The number of benzene rings is 1. The van der Waals surface area contributed by atoms with Crippen LogP contribution in [0.2, 0.25) is 0 Å². The summed E-state index contributed by atoms with van der Waals surface area (Å²) in [5.74, 6) is 0. The van der Waals surface area contributed by atoms with Crippen molar-refractivity contribution in [3.63, 3.8) is 0 Å². The number of rotatable bonds is 5. The maximum Gasteiger partial charge on any atom is 0.243 e. The lowest BCUT2D eigenvalue weighted by Crippen LogP contribution is -2.36. The van der Waals surface area contributed by atoms with Gasteiger partial charge in [0.25, 0.3) is 0 Å². The average Bonchev–Trinajstić information content (AvgIpc) is 2.84. The van der Waals surface area contributed by atoms with Gasteiger partial charge in [-0.1, -0.05) is 17.7 Å². The van der Waals surface area contributed by atoms with Crippen LogP contribution in [-0.4, -0.2) is 31.9 Å². The van der Waals surface area contributed by atoms with E-state index in [1.54, 1.807) is 10.4 Å². The second-order valence-electron chi connectivity index (χ2n) is 5.61. The van der Waals surface area contributed by atoms with E-state index in [9.17, 15) is 8.42 Å². The van der Waals surface area contributed by atoms with Crippen molar-refractivity contribution in [2.45, 2.75) is 50.5 Å². The van der Waals surface area contributed by atoms with E-state index in [0.29, 0.717) is 18.0 Å². The third-order valence-corrected chi connectivity index (χ3v) is 6.09. The topological polar surface area (TPSA) is 63.4 Å². The van der Waals surface area contributed by atoms with Crippen molar-refractivity contribution in [2.75, 3.05) is 13.1 Å². The quantitative estimate of drug-likeness (QED) is 0.906. The smallest absolute Gasteiger partial charge is 0.243 e. The van der Waals surface area contributed by atoms with Gasteiger partial charge in [0, 0.05) is 12.6 Å². The van der Waals surface area contributed by atoms with Crippen LogP contribution >= 0.6 is 0 Å². The molecule has 5 heteroatoms. The molecule has 0 amide bonds. The van der Waals surface area contributed by atoms with Crippen LogP contribution in [0.5, 0.6) is 0 Å². The molecular weight excluding hydrogens is 272 g/mol. The van der Waals surface area contributed by atoms with Gasteiger partial charge in [-0.2, -0.15) is 4.31 Å². The molecule has 0 aliphatic carbocycles. The number of aryl methyl sites for hydroxylation is 2. The molecular formula is C15H24N2O2S. The van der Waals surface area contributed by atoms with Gasteiger partial charge < -0.3 is 5.73 Å². The molecule has 1 aromatic rings. The standard InChI is InChI=1S/C15H24N2O2S/c1-12-7-8-15(13(2)11-12)20(18,19)17-10-4-6-14(17)5-3-9-16/h7-8,11,14H,3-6,9-10,16H2,1-2H3. The largest absolute Gasteiger partial charge is 0.330 e. The van der Waals surface area contributed by atoms with Gasteiger partial charge in [-0.3, -0.25) is 0 Å². The van der Waals surface area contributed by atoms with E-state index in [0.717, 1.165) is 36.8 Å². The lowest BCUT2D eigenvalue weighted by molar-refractivity contribution is 0.365. The summed E-state index contributed by atoms with van der Waals surface area (Å²) in [6.07, 6.45) is 3.63. The minimum atomic E-state index is -3.37. The summed E-state index contributed by atoms with van der Waals surface area (Å²) in [5, 5.41) is 0. The van der Waals surface area contributed by atoms with Gasteiger partial charge in [0.2, 0.25) is 10.0 Å². The van der Waals surface area contributed by atoms with E-state index in [1.165, 1.54) is 0 Å². The number of nitrogens with zero attached hydrogens (tertiary/aromatic N) is 1. The van der Waals surface area contributed by atoms with Gasteiger partial charge >= 0.3 is 0 Å². The fourth-order valence-corrected chi connectivity index (χ4v) is 4.91. The Morgan fingerprint density at radius 2 is 2.10 bits per heavy atom. The summed E-state index contributed by atoms with van der Waals surface area (Å²) in [6, 6.07) is 5.64. The molecule has 0 saturated carbocycles. The van der Waals surface area contributed by atoms with E-state index in [1.807, 2.05) is 26.0 Å². The highest BCUT2D eigenvalue weighted by Crippen LogP contribution is 2.30.